The van der Waals surface area contributed by atoms with Gasteiger partial charge in [-0.05, 0) is 36.9 Å². The molecule has 2 N–H and O–H groups in total. The van der Waals surface area contributed by atoms with Gasteiger partial charge in [0.15, 0.2) is 0 Å². The van der Waals surface area contributed by atoms with Crippen molar-refractivity contribution in [3.8, 4) is 11.5 Å². The Morgan fingerprint density at radius 1 is 1.38 bits per heavy atom. The van der Waals surface area contributed by atoms with E-state index >= 15 is 0 Å². The van der Waals surface area contributed by atoms with E-state index in [0.29, 0.717) is 23.6 Å². The molecule has 1 aromatic rings. The molecular formula is C16H24N2O3. The van der Waals surface area contributed by atoms with Crippen LogP contribution in [-0.4, -0.2) is 39.8 Å². The van der Waals surface area contributed by atoms with Crippen molar-refractivity contribution in [3.05, 3.63) is 23.8 Å². The zero-order valence-corrected chi connectivity index (χ0v) is 13.0. The van der Waals surface area contributed by atoms with Gasteiger partial charge in [0.25, 0.3) is 5.91 Å². The van der Waals surface area contributed by atoms with E-state index in [1.807, 2.05) is 0 Å². The molecule has 0 spiro atoms. The highest BCUT2D eigenvalue weighted by molar-refractivity contribution is 5.97. The summed E-state index contributed by atoms with van der Waals surface area (Å²) in [5.41, 5.74) is 0.652. The molecule has 1 saturated heterocycles. The number of ether oxygens (including phenoxy) is 2. The van der Waals surface area contributed by atoms with Gasteiger partial charge in [-0.3, -0.25) is 4.79 Å². The van der Waals surface area contributed by atoms with Crippen molar-refractivity contribution < 1.29 is 14.3 Å². The number of amides is 1. The topological polar surface area (TPSA) is 59.6 Å². The molecule has 0 radical (unpaired) electrons. The maximum absolute atomic E-state index is 12.4. The third-order valence-corrected chi connectivity index (χ3v) is 4.01. The minimum Gasteiger partial charge on any atom is -0.497 e. The first-order valence-corrected chi connectivity index (χ1v) is 7.29. The van der Waals surface area contributed by atoms with Gasteiger partial charge < -0.3 is 20.1 Å². The summed E-state index contributed by atoms with van der Waals surface area (Å²) in [5.74, 6) is 1.09. The highest BCUT2D eigenvalue weighted by atomic mass is 16.5. The van der Waals surface area contributed by atoms with Gasteiger partial charge in [0.05, 0.1) is 19.8 Å². The first kappa shape index (κ1) is 15.6. The molecule has 1 aromatic carbocycles. The van der Waals surface area contributed by atoms with Crippen molar-refractivity contribution in [2.75, 3.05) is 33.9 Å². The number of piperidine rings is 1. The van der Waals surface area contributed by atoms with E-state index in [1.165, 1.54) is 0 Å². The van der Waals surface area contributed by atoms with Crippen molar-refractivity contribution in [1.82, 2.24) is 10.6 Å². The molecule has 1 aliphatic heterocycles. The predicted octanol–water partition coefficient (Wildman–Crippen LogP) is 1.82. The molecule has 5 heteroatoms. The van der Waals surface area contributed by atoms with Crippen LogP contribution in [0.1, 0.15) is 30.1 Å². The molecule has 21 heavy (non-hydrogen) atoms. The molecule has 1 fully saturated rings. The smallest absolute Gasteiger partial charge is 0.255 e. The van der Waals surface area contributed by atoms with Gasteiger partial charge >= 0.3 is 0 Å². The molecule has 0 saturated carbocycles. The summed E-state index contributed by atoms with van der Waals surface area (Å²) in [6, 6.07) is 5.22. The Balaban J connectivity index is 2.03. The summed E-state index contributed by atoms with van der Waals surface area (Å²) in [7, 11) is 3.14. The number of hydrogen-bond donors (Lipinski definition) is 2. The van der Waals surface area contributed by atoms with Gasteiger partial charge in [-0.2, -0.15) is 0 Å². The van der Waals surface area contributed by atoms with Gasteiger partial charge in [0.2, 0.25) is 0 Å². The third kappa shape index (κ3) is 3.88. The van der Waals surface area contributed by atoms with Gasteiger partial charge in [-0.25, -0.2) is 0 Å². The second-order valence-corrected chi connectivity index (χ2v) is 5.84. The fourth-order valence-electron chi connectivity index (χ4n) is 2.64. The van der Waals surface area contributed by atoms with E-state index in [0.717, 1.165) is 25.9 Å². The Morgan fingerprint density at radius 2 is 2.19 bits per heavy atom. The zero-order chi connectivity index (χ0) is 15.3. The minimum absolute atomic E-state index is 0.110. The summed E-state index contributed by atoms with van der Waals surface area (Å²) < 4.78 is 10.4. The van der Waals surface area contributed by atoms with Crippen LogP contribution in [0.15, 0.2) is 18.2 Å². The van der Waals surface area contributed by atoms with Crippen molar-refractivity contribution >= 4 is 5.91 Å². The van der Waals surface area contributed by atoms with Crippen LogP contribution in [-0.2, 0) is 0 Å². The number of benzene rings is 1. The highest BCUT2D eigenvalue weighted by Crippen LogP contribution is 2.26. The first-order chi connectivity index (χ1) is 10.1. The van der Waals surface area contributed by atoms with Crippen molar-refractivity contribution in [2.45, 2.75) is 19.8 Å². The minimum atomic E-state index is -0.110. The monoisotopic (exact) mass is 292 g/mol. The van der Waals surface area contributed by atoms with Gasteiger partial charge in [-0.15, -0.1) is 0 Å². The number of carbonyl (C=O) groups excluding carboxylic acids is 1. The van der Waals surface area contributed by atoms with Crippen molar-refractivity contribution in [1.29, 1.82) is 0 Å². The SMILES string of the molecule is COc1ccc(C(=O)NCC2(C)CCCNC2)c(OC)c1. The number of methoxy groups -OCH3 is 2. The Labute approximate surface area is 126 Å². The van der Waals surface area contributed by atoms with Crippen LogP contribution in [0, 0.1) is 5.41 Å². The quantitative estimate of drug-likeness (QED) is 0.869. The van der Waals surface area contributed by atoms with E-state index in [1.54, 1.807) is 32.4 Å². The Hall–Kier alpha value is -1.75. The summed E-state index contributed by atoms with van der Waals surface area (Å²) in [4.78, 5) is 12.4. The largest absolute Gasteiger partial charge is 0.497 e. The lowest BCUT2D eigenvalue weighted by molar-refractivity contribution is 0.0921. The summed E-state index contributed by atoms with van der Waals surface area (Å²) in [5, 5.41) is 6.41. The van der Waals surface area contributed by atoms with Crippen LogP contribution in [0.2, 0.25) is 0 Å². The number of nitrogens with one attached hydrogen (secondary N) is 2. The molecule has 0 aromatic heterocycles. The van der Waals surface area contributed by atoms with Crippen LogP contribution in [0.5, 0.6) is 11.5 Å². The van der Waals surface area contributed by atoms with Crippen LogP contribution >= 0.6 is 0 Å². The normalized spacial score (nSPS) is 21.7. The van der Waals surface area contributed by atoms with Crippen LogP contribution < -0.4 is 20.1 Å². The molecule has 2 rings (SSSR count). The number of carbonyl (C=O) groups is 1. The lowest BCUT2D eigenvalue weighted by atomic mass is 9.83. The molecule has 5 nitrogen and oxygen atoms in total. The molecule has 1 unspecified atom stereocenters. The molecular weight excluding hydrogens is 268 g/mol. The number of rotatable bonds is 5. The van der Waals surface area contributed by atoms with Crippen LogP contribution in [0.3, 0.4) is 0 Å². The molecule has 1 amide bonds. The van der Waals surface area contributed by atoms with E-state index < -0.39 is 0 Å². The zero-order valence-electron chi connectivity index (χ0n) is 13.0. The summed E-state index contributed by atoms with van der Waals surface area (Å²) >= 11 is 0. The standard InChI is InChI=1S/C16H24N2O3/c1-16(7-4-8-17-10-16)11-18-15(19)13-6-5-12(20-2)9-14(13)21-3/h5-6,9,17H,4,7-8,10-11H2,1-3H3,(H,18,19). The average molecular weight is 292 g/mol. The molecule has 1 atom stereocenters. The molecule has 1 aliphatic rings. The van der Waals surface area contributed by atoms with Crippen LogP contribution in [0.25, 0.3) is 0 Å². The summed E-state index contributed by atoms with van der Waals surface area (Å²) in [6.45, 7) is 4.86. The predicted molar refractivity (Wildman–Crippen MR) is 82.1 cm³/mol. The van der Waals surface area contributed by atoms with Crippen LogP contribution in [0.4, 0.5) is 0 Å². The van der Waals surface area contributed by atoms with Crippen molar-refractivity contribution in [3.63, 3.8) is 0 Å². The van der Waals surface area contributed by atoms with Gasteiger partial charge in [0.1, 0.15) is 11.5 Å². The van der Waals surface area contributed by atoms with E-state index in [4.69, 9.17) is 9.47 Å². The van der Waals surface area contributed by atoms with E-state index in [2.05, 4.69) is 17.6 Å². The van der Waals surface area contributed by atoms with Gasteiger partial charge in [0, 0.05) is 19.2 Å². The lowest BCUT2D eigenvalue weighted by Crippen LogP contribution is -2.45. The Morgan fingerprint density at radius 3 is 2.81 bits per heavy atom. The Kier molecular flexibility index (Phi) is 5.07. The fraction of sp³-hybridized carbons (Fsp3) is 0.562. The van der Waals surface area contributed by atoms with Crippen molar-refractivity contribution in [2.24, 2.45) is 5.41 Å². The Bertz CT molecular complexity index is 496. The maximum atomic E-state index is 12.4. The molecule has 0 bridgehead atoms. The second-order valence-electron chi connectivity index (χ2n) is 5.84. The third-order valence-electron chi connectivity index (χ3n) is 4.01. The lowest BCUT2D eigenvalue weighted by Gasteiger charge is -2.34. The van der Waals surface area contributed by atoms with E-state index in [-0.39, 0.29) is 11.3 Å². The molecule has 1 heterocycles. The van der Waals surface area contributed by atoms with E-state index in [9.17, 15) is 4.79 Å². The number of hydrogen-bond acceptors (Lipinski definition) is 4. The average Bonchev–Trinajstić information content (AvgIpc) is 2.52. The second kappa shape index (κ2) is 6.80. The van der Waals surface area contributed by atoms with Gasteiger partial charge in [-0.1, -0.05) is 6.92 Å². The molecule has 0 aliphatic carbocycles. The fourth-order valence-corrected chi connectivity index (χ4v) is 2.64. The highest BCUT2D eigenvalue weighted by Gasteiger charge is 2.27. The first-order valence-electron chi connectivity index (χ1n) is 7.29. The summed E-state index contributed by atoms with van der Waals surface area (Å²) in [6.07, 6.45) is 2.28. The molecule has 116 valence electrons. The maximum Gasteiger partial charge on any atom is 0.255 e.